The number of benzene rings is 2. The molecular weight excluding hydrogens is 326 g/mol. The molecule has 3 aromatic rings. The number of nitrogens with zero attached hydrogens (tertiary/aromatic N) is 1. The summed E-state index contributed by atoms with van der Waals surface area (Å²) in [6.45, 7) is 2.37. The Bertz CT molecular complexity index is 923. The lowest BCUT2D eigenvalue weighted by atomic mass is 10.1. The van der Waals surface area contributed by atoms with E-state index in [2.05, 4.69) is 15.6 Å². The zero-order valence-corrected chi connectivity index (χ0v) is 14.4. The molecule has 0 fully saturated rings. The predicted octanol–water partition coefficient (Wildman–Crippen LogP) is 3.57. The smallest absolute Gasteiger partial charge is 0.257 e. The van der Waals surface area contributed by atoms with Crippen LogP contribution in [0.15, 0.2) is 73.1 Å². The van der Waals surface area contributed by atoms with Crippen molar-refractivity contribution in [3.63, 3.8) is 0 Å². The Morgan fingerprint density at radius 2 is 1.62 bits per heavy atom. The summed E-state index contributed by atoms with van der Waals surface area (Å²) >= 11 is 0. The molecule has 0 saturated carbocycles. The Hall–Kier alpha value is -3.47. The highest BCUT2D eigenvalue weighted by molar-refractivity contribution is 6.05. The molecule has 1 aromatic heterocycles. The minimum Gasteiger partial charge on any atom is -0.348 e. The van der Waals surface area contributed by atoms with Crippen molar-refractivity contribution in [2.24, 2.45) is 0 Å². The van der Waals surface area contributed by atoms with E-state index in [-0.39, 0.29) is 11.8 Å². The van der Waals surface area contributed by atoms with Gasteiger partial charge in [0.25, 0.3) is 11.8 Å². The number of amides is 2. The molecule has 3 rings (SSSR count). The maximum Gasteiger partial charge on any atom is 0.257 e. The average Bonchev–Trinajstić information content (AvgIpc) is 2.67. The van der Waals surface area contributed by atoms with E-state index in [4.69, 9.17) is 0 Å². The van der Waals surface area contributed by atoms with Crippen molar-refractivity contribution in [2.45, 2.75) is 13.5 Å². The molecule has 0 aliphatic heterocycles. The molecule has 1 heterocycles. The number of rotatable bonds is 5. The Morgan fingerprint density at radius 1 is 0.885 bits per heavy atom. The lowest BCUT2D eigenvalue weighted by Crippen LogP contribution is -2.23. The summed E-state index contributed by atoms with van der Waals surface area (Å²) in [4.78, 5) is 28.7. The van der Waals surface area contributed by atoms with Gasteiger partial charge in [0.15, 0.2) is 0 Å². The molecule has 0 atom stereocenters. The highest BCUT2D eigenvalue weighted by atomic mass is 16.2. The largest absolute Gasteiger partial charge is 0.348 e. The number of nitrogens with one attached hydrogen (secondary N) is 2. The number of pyridine rings is 1. The van der Waals surface area contributed by atoms with Gasteiger partial charge in [-0.2, -0.15) is 0 Å². The van der Waals surface area contributed by atoms with E-state index in [0.29, 0.717) is 23.4 Å². The van der Waals surface area contributed by atoms with E-state index < -0.39 is 0 Å². The third kappa shape index (κ3) is 4.54. The summed E-state index contributed by atoms with van der Waals surface area (Å²) in [5.74, 6) is -0.577. The third-order valence-electron chi connectivity index (χ3n) is 3.83. The molecule has 130 valence electrons. The van der Waals surface area contributed by atoms with Crippen molar-refractivity contribution >= 4 is 17.5 Å². The normalized spacial score (nSPS) is 10.2. The van der Waals surface area contributed by atoms with Crippen molar-refractivity contribution < 1.29 is 9.59 Å². The van der Waals surface area contributed by atoms with E-state index >= 15 is 0 Å². The van der Waals surface area contributed by atoms with Crippen LogP contribution in [0.4, 0.5) is 5.69 Å². The van der Waals surface area contributed by atoms with Crippen LogP contribution in [0.3, 0.4) is 0 Å². The van der Waals surface area contributed by atoms with Crippen LogP contribution in [0.2, 0.25) is 0 Å². The maximum atomic E-state index is 12.4. The van der Waals surface area contributed by atoms with Gasteiger partial charge in [-0.05, 0) is 36.2 Å². The molecule has 0 bridgehead atoms. The monoisotopic (exact) mass is 345 g/mol. The molecule has 26 heavy (non-hydrogen) atoms. The fourth-order valence-electron chi connectivity index (χ4n) is 2.49. The molecule has 0 aliphatic carbocycles. The summed E-state index contributed by atoms with van der Waals surface area (Å²) < 4.78 is 0. The molecule has 2 aromatic carbocycles. The summed E-state index contributed by atoms with van der Waals surface area (Å²) in [5, 5.41) is 5.64. The standard InChI is InChI=1S/C21H19N3O2/c1-15-6-5-9-19(10-15)24-21(26)18-11-17(13-22-14-18)20(25)23-12-16-7-3-2-4-8-16/h2-11,13-14H,12H2,1H3,(H,23,25)(H,24,26). The van der Waals surface area contributed by atoms with E-state index in [9.17, 15) is 9.59 Å². The van der Waals surface area contributed by atoms with Crippen molar-refractivity contribution in [3.8, 4) is 0 Å². The SMILES string of the molecule is Cc1cccc(NC(=O)c2cncc(C(=O)NCc3ccccc3)c2)c1. The molecule has 2 N–H and O–H groups in total. The van der Waals surface area contributed by atoms with Gasteiger partial charge in [0.1, 0.15) is 0 Å². The van der Waals surface area contributed by atoms with Gasteiger partial charge in [-0.1, -0.05) is 42.5 Å². The molecule has 0 spiro atoms. The van der Waals surface area contributed by atoms with Crippen molar-refractivity contribution in [1.82, 2.24) is 10.3 Å². The Kier molecular flexibility index (Phi) is 5.39. The van der Waals surface area contributed by atoms with Gasteiger partial charge in [-0.25, -0.2) is 0 Å². The number of carbonyl (C=O) groups excluding carboxylic acids is 2. The van der Waals surface area contributed by atoms with Crippen LogP contribution in [-0.2, 0) is 6.54 Å². The number of hydrogen-bond donors (Lipinski definition) is 2. The minimum atomic E-state index is -0.305. The van der Waals surface area contributed by atoms with Gasteiger partial charge in [-0.15, -0.1) is 0 Å². The fraction of sp³-hybridized carbons (Fsp3) is 0.0952. The first-order valence-electron chi connectivity index (χ1n) is 8.27. The predicted molar refractivity (Wildman–Crippen MR) is 101 cm³/mol. The second kappa shape index (κ2) is 8.07. The maximum absolute atomic E-state index is 12.4. The first-order valence-corrected chi connectivity index (χ1v) is 8.27. The fourth-order valence-corrected chi connectivity index (χ4v) is 2.49. The van der Waals surface area contributed by atoms with E-state index in [0.717, 1.165) is 11.1 Å². The van der Waals surface area contributed by atoms with Crippen LogP contribution in [-0.4, -0.2) is 16.8 Å². The van der Waals surface area contributed by atoms with Gasteiger partial charge >= 0.3 is 0 Å². The lowest BCUT2D eigenvalue weighted by molar-refractivity contribution is 0.0950. The van der Waals surface area contributed by atoms with Gasteiger partial charge in [0.05, 0.1) is 11.1 Å². The minimum absolute atomic E-state index is 0.272. The highest BCUT2D eigenvalue weighted by Gasteiger charge is 2.11. The lowest BCUT2D eigenvalue weighted by Gasteiger charge is -2.08. The van der Waals surface area contributed by atoms with E-state index in [1.165, 1.54) is 12.4 Å². The van der Waals surface area contributed by atoms with Crippen LogP contribution in [0.5, 0.6) is 0 Å². The molecule has 5 nitrogen and oxygen atoms in total. The van der Waals surface area contributed by atoms with Crippen molar-refractivity contribution in [2.75, 3.05) is 5.32 Å². The van der Waals surface area contributed by atoms with Crippen LogP contribution in [0.1, 0.15) is 31.8 Å². The molecule has 2 amide bonds. The summed E-state index contributed by atoms with van der Waals surface area (Å²) in [6, 6.07) is 18.7. The first kappa shape index (κ1) is 17.4. The van der Waals surface area contributed by atoms with Crippen LogP contribution in [0.25, 0.3) is 0 Å². The zero-order valence-electron chi connectivity index (χ0n) is 14.4. The summed E-state index contributed by atoms with van der Waals surface area (Å²) in [6.07, 6.45) is 2.89. The van der Waals surface area contributed by atoms with E-state index in [1.807, 2.05) is 61.5 Å². The summed E-state index contributed by atoms with van der Waals surface area (Å²) in [5.41, 5.74) is 3.43. The highest BCUT2D eigenvalue weighted by Crippen LogP contribution is 2.12. The number of anilines is 1. The van der Waals surface area contributed by atoms with E-state index in [1.54, 1.807) is 6.07 Å². The quantitative estimate of drug-likeness (QED) is 0.742. The second-order valence-electron chi connectivity index (χ2n) is 5.95. The number of aryl methyl sites for hydroxylation is 1. The summed E-state index contributed by atoms with van der Waals surface area (Å²) in [7, 11) is 0. The molecule has 0 aliphatic rings. The number of hydrogen-bond acceptors (Lipinski definition) is 3. The average molecular weight is 345 g/mol. The third-order valence-corrected chi connectivity index (χ3v) is 3.83. The van der Waals surface area contributed by atoms with Crippen molar-refractivity contribution in [1.29, 1.82) is 0 Å². The molecule has 0 unspecified atom stereocenters. The van der Waals surface area contributed by atoms with Gasteiger partial charge in [0.2, 0.25) is 0 Å². The van der Waals surface area contributed by atoms with Crippen molar-refractivity contribution in [3.05, 3.63) is 95.3 Å². The topological polar surface area (TPSA) is 71.1 Å². The Morgan fingerprint density at radius 3 is 2.35 bits per heavy atom. The zero-order chi connectivity index (χ0) is 18.4. The molecular formula is C21H19N3O2. The van der Waals surface area contributed by atoms with Crippen LogP contribution in [0, 0.1) is 6.92 Å². The first-order chi connectivity index (χ1) is 12.6. The number of carbonyl (C=O) groups is 2. The number of aromatic nitrogens is 1. The Labute approximate surface area is 152 Å². The second-order valence-corrected chi connectivity index (χ2v) is 5.95. The van der Waals surface area contributed by atoms with Crippen LogP contribution < -0.4 is 10.6 Å². The van der Waals surface area contributed by atoms with Gasteiger partial charge in [0, 0.05) is 24.6 Å². The Balaban J connectivity index is 1.67. The molecule has 0 radical (unpaired) electrons. The van der Waals surface area contributed by atoms with Gasteiger partial charge < -0.3 is 10.6 Å². The van der Waals surface area contributed by atoms with Gasteiger partial charge in [-0.3, -0.25) is 14.6 Å². The van der Waals surface area contributed by atoms with Crippen LogP contribution >= 0.6 is 0 Å². The molecule has 5 heteroatoms. The molecule has 0 saturated heterocycles.